The van der Waals surface area contributed by atoms with Gasteiger partial charge in [0.25, 0.3) is 5.91 Å². The van der Waals surface area contributed by atoms with E-state index < -0.39 is 27.7 Å². The second-order valence-corrected chi connectivity index (χ2v) is 8.08. The predicted octanol–water partition coefficient (Wildman–Crippen LogP) is 4.00. The highest BCUT2D eigenvalue weighted by Gasteiger charge is 2.30. The first kappa shape index (κ1) is 21.0. The number of anilines is 1. The van der Waals surface area contributed by atoms with E-state index in [1.165, 1.54) is 42.3 Å². The molecule has 2 aromatic rings. The van der Waals surface area contributed by atoms with Crippen molar-refractivity contribution in [2.75, 3.05) is 18.0 Å². The number of sulfonamides is 1. The van der Waals surface area contributed by atoms with E-state index in [0.29, 0.717) is 5.56 Å². The Bertz CT molecular complexity index is 945. The standard InChI is InChI=1S/C17H16ClF3N2O3S/c1-23(10-11-3-6-13(7-4-11)17(19,20)21)16(24)12-5-8-14(18)15(9-12)22-27(2,25)26/h3-9,22H,10H2,1-2H3. The molecule has 0 unspecified atom stereocenters. The summed E-state index contributed by atoms with van der Waals surface area (Å²) in [6, 6.07) is 8.61. The highest BCUT2D eigenvalue weighted by Crippen LogP contribution is 2.29. The summed E-state index contributed by atoms with van der Waals surface area (Å²) in [7, 11) is -2.09. The minimum Gasteiger partial charge on any atom is -0.337 e. The summed E-state index contributed by atoms with van der Waals surface area (Å²) < 4.78 is 62.7. The minimum absolute atomic E-state index is 0.0629. The number of benzene rings is 2. The van der Waals surface area contributed by atoms with Crippen molar-refractivity contribution in [3.8, 4) is 0 Å². The first-order valence-electron chi connectivity index (χ1n) is 7.56. The maximum atomic E-state index is 12.6. The third-order valence-corrected chi connectivity index (χ3v) is 4.48. The Hall–Kier alpha value is -2.26. The van der Waals surface area contributed by atoms with Gasteiger partial charge in [0.2, 0.25) is 10.0 Å². The summed E-state index contributed by atoms with van der Waals surface area (Å²) >= 11 is 5.92. The van der Waals surface area contributed by atoms with E-state index in [1.807, 2.05) is 0 Å². The Morgan fingerprint density at radius 1 is 1.15 bits per heavy atom. The van der Waals surface area contributed by atoms with Gasteiger partial charge < -0.3 is 4.90 Å². The van der Waals surface area contributed by atoms with Crippen LogP contribution in [0.1, 0.15) is 21.5 Å². The van der Waals surface area contributed by atoms with E-state index in [1.54, 1.807) is 0 Å². The molecular formula is C17H16ClF3N2O3S. The van der Waals surface area contributed by atoms with Crippen LogP contribution in [-0.4, -0.2) is 32.5 Å². The maximum Gasteiger partial charge on any atom is 0.416 e. The number of halogens is 4. The normalized spacial score (nSPS) is 11.9. The number of nitrogens with zero attached hydrogens (tertiary/aromatic N) is 1. The molecule has 0 fully saturated rings. The molecule has 0 bridgehead atoms. The number of hydrogen-bond acceptors (Lipinski definition) is 3. The van der Waals surface area contributed by atoms with Crippen LogP contribution in [0.25, 0.3) is 0 Å². The lowest BCUT2D eigenvalue weighted by Gasteiger charge is -2.18. The van der Waals surface area contributed by atoms with Gasteiger partial charge in [0.05, 0.1) is 22.5 Å². The zero-order valence-electron chi connectivity index (χ0n) is 14.3. The first-order chi connectivity index (χ1) is 12.4. The van der Waals surface area contributed by atoms with Gasteiger partial charge in [-0.25, -0.2) is 8.42 Å². The number of nitrogens with one attached hydrogen (secondary N) is 1. The Labute approximate surface area is 159 Å². The molecule has 2 aromatic carbocycles. The molecule has 27 heavy (non-hydrogen) atoms. The molecule has 0 aliphatic heterocycles. The van der Waals surface area contributed by atoms with Crippen molar-refractivity contribution < 1.29 is 26.4 Å². The number of amides is 1. The summed E-state index contributed by atoms with van der Waals surface area (Å²) in [6.45, 7) is 0.0778. The van der Waals surface area contributed by atoms with Gasteiger partial charge in [-0.15, -0.1) is 0 Å². The van der Waals surface area contributed by atoms with Crippen molar-refractivity contribution in [2.45, 2.75) is 12.7 Å². The molecule has 0 atom stereocenters. The molecule has 0 radical (unpaired) electrons. The van der Waals surface area contributed by atoms with Crippen LogP contribution in [0.15, 0.2) is 42.5 Å². The van der Waals surface area contributed by atoms with Gasteiger partial charge in [0.15, 0.2) is 0 Å². The van der Waals surface area contributed by atoms with Crippen molar-refractivity contribution in [3.63, 3.8) is 0 Å². The quantitative estimate of drug-likeness (QED) is 0.795. The average molecular weight is 421 g/mol. The Morgan fingerprint density at radius 2 is 1.74 bits per heavy atom. The molecule has 5 nitrogen and oxygen atoms in total. The number of carbonyl (C=O) groups excluding carboxylic acids is 1. The second kappa shape index (κ2) is 7.77. The number of carbonyl (C=O) groups is 1. The smallest absolute Gasteiger partial charge is 0.337 e. The van der Waals surface area contributed by atoms with E-state index in [4.69, 9.17) is 11.6 Å². The third kappa shape index (κ3) is 5.86. The van der Waals surface area contributed by atoms with Crippen molar-refractivity contribution in [3.05, 3.63) is 64.2 Å². The zero-order valence-corrected chi connectivity index (χ0v) is 15.9. The van der Waals surface area contributed by atoms with Gasteiger partial charge in [0.1, 0.15) is 0 Å². The molecule has 10 heteroatoms. The van der Waals surface area contributed by atoms with E-state index in [9.17, 15) is 26.4 Å². The molecule has 1 amide bonds. The monoisotopic (exact) mass is 420 g/mol. The van der Waals surface area contributed by atoms with Gasteiger partial charge in [0, 0.05) is 19.2 Å². The molecule has 1 N–H and O–H groups in total. The van der Waals surface area contributed by atoms with E-state index >= 15 is 0 Å². The molecule has 146 valence electrons. The largest absolute Gasteiger partial charge is 0.416 e. The number of rotatable bonds is 5. The van der Waals surface area contributed by atoms with Crippen LogP contribution in [0.3, 0.4) is 0 Å². The van der Waals surface area contributed by atoms with Crippen LogP contribution in [0.2, 0.25) is 5.02 Å². The zero-order chi connectivity index (χ0) is 20.4. The summed E-state index contributed by atoms with van der Waals surface area (Å²) in [5.41, 5.74) is -0.00960. The summed E-state index contributed by atoms with van der Waals surface area (Å²) in [6.07, 6.45) is -3.47. The maximum absolute atomic E-state index is 12.6. The lowest BCUT2D eigenvalue weighted by atomic mass is 10.1. The lowest BCUT2D eigenvalue weighted by molar-refractivity contribution is -0.137. The minimum atomic E-state index is -4.42. The van der Waals surface area contributed by atoms with Crippen LogP contribution >= 0.6 is 11.6 Å². The summed E-state index contributed by atoms with van der Waals surface area (Å²) in [5, 5.41) is 0.127. The number of hydrogen-bond donors (Lipinski definition) is 1. The molecule has 0 aromatic heterocycles. The Balaban J connectivity index is 2.16. The Kier molecular flexibility index (Phi) is 6.06. The average Bonchev–Trinajstić information content (AvgIpc) is 2.54. The highest BCUT2D eigenvalue weighted by atomic mass is 35.5. The molecule has 0 spiro atoms. The van der Waals surface area contributed by atoms with Crippen molar-refractivity contribution in [1.29, 1.82) is 0 Å². The first-order valence-corrected chi connectivity index (χ1v) is 9.83. The number of alkyl halides is 3. The van der Waals surface area contributed by atoms with Crippen LogP contribution in [0, 0.1) is 0 Å². The van der Waals surface area contributed by atoms with E-state index in [2.05, 4.69) is 4.72 Å². The molecular weight excluding hydrogens is 405 g/mol. The van der Waals surface area contributed by atoms with Crippen LogP contribution < -0.4 is 4.72 Å². The SMILES string of the molecule is CN(Cc1ccc(C(F)(F)F)cc1)C(=O)c1ccc(Cl)c(NS(C)(=O)=O)c1. The van der Waals surface area contributed by atoms with E-state index in [0.717, 1.165) is 18.4 Å². The highest BCUT2D eigenvalue weighted by molar-refractivity contribution is 7.92. The third-order valence-electron chi connectivity index (χ3n) is 3.56. The van der Waals surface area contributed by atoms with Crippen LogP contribution in [0.5, 0.6) is 0 Å². The van der Waals surface area contributed by atoms with E-state index in [-0.39, 0.29) is 22.8 Å². The fourth-order valence-corrected chi connectivity index (χ4v) is 3.09. The molecule has 2 rings (SSSR count). The molecule has 0 saturated heterocycles. The summed E-state index contributed by atoms with van der Waals surface area (Å²) in [4.78, 5) is 13.8. The molecule has 0 heterocycles. The molecule has 0 saturated carbocycles. The van der Waals surface area contributed by atoms with Crippen molar-refractivity contribution in [2.24, 2.45) is 0 Å². The van der Waals surface area contributed by atoms with Gasteiger partial charge >= 0.3 is 6.18 Å². The van der Waals surface area contributed by atoms with Crippen molar-refractivity contribution in [1.82, 2.24) is 4.90 Å². The van der Waals surface area contributed by atoms with Gasteiger partial charge in [-0.3, -0.25) is 9.52 Å². The fraction of sp³-hybridized carbons (Fsp3) is 0.235. The fourth-order valence-electron chi connectivity index (χ4n) is 2.30. The Morgan fingerprint density at radius 3 is 2.26 bits per heavy atom. The lowest BCUT2D eigenvalue weighted by Crippen LogP contribution is -2.26. The second-order valence-electron chi connectivity index (χ2n) is 5.92. The van der Waals surface area contributed by atoms with Crippen LogP contribution in [-0.2, 0) is 22.7 Å². The van der Waals surface area contributed by atoms with Crippen LogP contribution in [0.4, 0.5) is 18.9 Å². The molecule has 0 aliphatic rings. The topological polar surface area (TPSA) is 66.5 Å². The van der Waals surface area contributed by atoms with Gasteiger partial charge in [-0.05, 0) is 35.9 Å². The van der Waals surface area contributed by atoms with Gasteiger partial charge in [-0.2, -0.15) is 13.2 Å². The predicted molar refractivity (Wildman–Crippen MR) is 97.2 cm³/mol. The van der Waals surface area contributed by atoms with Gasteiger partial charge in [-0.1, -0.05) is 23.7 Å². The van der Waals surface area contributed by atoms with Crippen molar-refractivity contribution >= 4 is 33.2 Å². The molecule has 0 aliphatic carbocycles. The summed E-state index contributed by atoms with van der Waals surface area (Å²) in [5.74, 6) is -0.442.